The number of carbonyl (C=O) groups is 1. The molecule has 0 radical (unpaired) electrons. The topological polar surface area (TPSA) is 84.3 Å². The molecular weight excluding hydrogens is 210 g/mol. The van der Waals surface area contributed by atoms with Gasteiger partial charge in [0.15, 0.2) is 0 Å². The smallest absolute Gasteiger partial charge is 0.271 e. The van der Waals surface area contributed by atoms with Crippen LogP contribution in [0.25, 0.3) is 0 Å². The largest absolute Gasteiger partial charge is 0.386 e. The SMILES string of the molecule is CCC(=O)Nc1cc([N+](=O)[O-])ccc1NC. The van der Waals surface area contributed by atoms with Crippen molar-refractivity contribution in [2.75, 3.05) is 17.7 Å². The van der Waals surface area contributed by atoms with Crippen molar-refractivity contribution < 1.29 is 9.72 Å². The Balaban J connectivity index is 3.06. The monoisotopic (exact) mass is 223 g/mol. The molecule has 0 bridgehead atoms. The van der Waals surface area contributed by atoms with Gasteiger partial charge in [0.2, 0.25) is 5.91 Å². The predicted molar refractivity (Wildman–Crippen MR) is 61.6 cm³/mol. The molecule has 1 amide bonds. The summed E-state index contributed by atoms with van der Waals surface area (Å²) >= 11 is 0. The van der Waals surface area contributed by atoms with Gasteiger partial charge < -0.3 is 10.6 Å². The summed E-state index contributed by atoms with van der Waals surface area (Å²) in [6.45, 7) is 1.71. The van der Waals surface area contributed by atoms with Crippen LogP contribution in [0.3, 0.4) is 0 Å². The molecule has 0 spiro atoms. The number of hydrogen-bond acceptors (Lipinski definition) is 4. The van der Waals surface area contributed by atoms with E-state index in [-0.39, 0.29) is 11.6 Å². The Morgan fingerprint density at radius 2 is 2.12 bits per heavy atom. The quantitative estimate of drug-likeness (QED) is 0.603. The van der Waals surface area contributed by atoms with Gasteiger partial charge in [0.05, 0.1) is 16.3 Å². The summed E-state index contributed by atoms with van der Waals surface area (Å²) in [6.07, 6.45) is 0.325. The molecule has 6 heteroatoms. The molecule has 1 aromatic carbocycles. The van der Waals surface area contributed by atoms with Crippen molar-refractivity contribution in [1.82, 2.24) is 0 Å². The van der Waals surface area contributed by atoms with Crippen molar-refractivity contribution >= 4 is 23.0 Å². The van der Waals surface area contributed by atoms with Crippen LogP contribution in [0, 0.1) is 10.1 Å². The normalized spacial score (nSPS) is 9.62. The summed E-state index contributed by atoms with van der Waals surface area (Å²) in [5, 5.41) is 16.0. The molecule has 0 heterocycles. The van der Waals surface area contributed by atoms with Crippen molar-refractivity contribution in [2.45, 2.75) is 13.3 Å². The summed E-state index contributed by atoms with van der Waals surface area (Å²) in [5.74, 6) is -0.183. The molecule has 86 valence electrons. The first-order chi connectivity index (χ1) is 7.58. The van der Waals surface area contributed by atoms with Gasteiger partial charge in [0.25, 0.3) is 5.69 Å². The number of carbonyl (C=O) groups excluding carboxylic acids is 1. The molecule has 0 aliphatic rings. The summed E-state index contributed by atoms with van der Waals surface area (Å²) in [7, 11) is 1.68. The third-order valence-electron chi connectivity index (χ3n) is 2.08. The number of nitro groups is 1. The van der Waals surface area contributed by atoms with Crippen molar-refractivity contribution in [2.24, 2.45) is 0 Å². The molecule has 0 unspecified atom stereocenters. The molecule has 0 aromatic heterocycles. The summed E-state index contributed by atoms with van der Waals surface area (Å²) in [5.41, 5.74) is 1.02. The number of rotatable bonds is 4. The lowest BCUT2D eigenvalue weighted by Gasteiger charge is -2.09. The zero-order valence-electron chi connectivity index (χ0n) is 9.11. The Morgan fingerprint density at radius 3 is 2.62 bits per heavy atom. The summed E-state index contributed by atoms with van der Waals surface area (Å²) in [4.78, 5) is 21.3. The standard InChI is InChI=1S/C10H13N3O3/c1-3-10(14)12-9-6-7(13(15)16)4-5-8(9)11-2/h4-6,11H,3H2,1-2H3,(H,12,14). The van der Waals surface area contributed by atoms with Gasteiger partial charge in [0, 0.05) is 25.6 Å². The van der Waals surface area contributed by atoms with Crippen LogP contribution >= 0.6 is 0 Å². The molecule has 2 N–H and O–H groups in total. The van der Waals surface area contributed by atoms with Crippen LogP contribution in [0.4, 0.5) is 17.1 Å². The maximum atomic E-state index is 11.2. The van der Waals surface area contributed by atoms with E-state index in [4.69, 9.17) is 0 Å². The molecule has 0 aliphatic heterocycles. The minimum absolute atomic E-state index is 0.0506. The molecule has 16 heavy (non-hydrogen) atoms. The highest BCUT2D eigenvalue weighted by atomic mass is 16.6. The van der Waals surface area contributed by atoms with Gasteiger partial charge in [-0.25, -0.2) is 0 Å². The van der Waals surface area contributed by atoms with E-state index < -0.39 is 4.92 Å². The maximum Gasteiger partial charge on any atom is 0.271 e. The van der Waals surface area contributed by atoms with Crippen LogP contribution in [0.2, 0.25) is 0 Å². The summed E-state index contributed by atoms with van der Waals surface area (Å²) < 4.78 is 0. The molecule has 1 rings (SSSR count). The molecular formula is C10H13N3O3. The fraction of sp³-hybridized carbons (Fsp3) is 0.300. The number of nitro benzene ring substituents is 1. The Bertz CT molecular complexity index is 418. The third kappa shape index (κ3) is 2.69. The Morgan fingerprint density at radius 1 is 1.44 bits per heavy atom. The fourth-order valence-corrected chi connectivity index (χ4v) is 1.21. The van der Waals surface area contributed by atoms with E-state index >= 15 is 0 Å². The van der Waals surface area contributed by atoms with Gasteiger partial charge in [-0.05, 0) is 6.07 Å². The van der Waals surface area contributed by atoms with Crippen LogP contribution in [0.5, 0.6) is 0 Å². The van der Waals surface area contributed by atoms with Crippen molar-refractivity contribution in [3.8, 4) is 0 Å². The van der Waals surface area contributed by atoms with Gasteiger partial charge in [0.1, 0.15) is 0 Å². The van der Waals surface area contributed by atoms with Crippen molar-refractivity contribution in [3.05, 3.63) is 28.3 Å². The lowest BCUT2D eigenvalue weighted by atomic mass is 10.2. The second kappa shape index (κ2) is 5.11. The van der Waals surface area contributed by atoms with E-state index in [1.165, 1.54) is 12.1 Å². The molecule has 1 aromatic rings. The lowest BCUT2D eigenvalue weighted by molar-refractivity contribution is -0.384. The zero-order chi connectivity index (χ0) is 12.1. The van der Waals surface area contributed by atoms with E-state index in [1.54, 1.807) is 20.0 Å². The van der Waals surface area contributed by atoms with Crippen LogP contribution in [0.1, 0.15) is 13.3 Å². The van der Waals surface area contributed by atoms with Gasteiger partial charge >= 0.3 is 0 Å². The Labute approximate surface area is 92.8 Å². The highest BCUT2D eigenvalue weighted by Gasteiger charge is 2.11. The second-order valence-electron chi connectivity index (χ2n) is 3.14. The van der Waals surface area contributed by atoms with E-state index in [9.17, 15) is 14.9 Å². The van der Waals surface area contributed by atoms with Crippen LogP contribution in [-0.2, 0) is 4.79 Å². The predicted octanol–water partition coefficient (Wildman–Crippen LogP) is 1.98. The number of nitrogens with one attached hydrogen (secondary N) is 2. The van der Waals surface area contributed by atoms with E-state index in [0.717, 1.165) is 0 Å². The van der Waals surface area contributed by atoms with Crippen LogP contribution < -0.4 is 10.6 Å². The Kier molecular flexibility index (Phi) is 3.82. The molecule has 0 saturated carbocycles. The fourth-order valence-electron chi connectivity index (χ4n) is 1.21. The van der Waals surface area contributed by atoms with Gasteiger partial charge in [-0.15, -0.1) is 0 Å². The maximum absolute atomic E-state index is 11.2. The van der Waals surface area contributed by atoms with E-state index in [0.29, 0.717) is 17.8 Å². The van der Waals surface area contributed by atoms with E-state index in [1.807, 2.05) is 0 Å². The molecule has 6 nitrogen and oxygen atoms in total. The van der Waals surface area contributed by atoms with E-state index in [2.05, 4.69) is 10.6 Å². The average Bonchev–Trinajstić information content (AvgIpc) is 2.28. The second-order valence-corrected chi connectivity index (χ2v) is 3.14. The highest BCUT2D eigenvalue weighted by molar-refractivity contribution is 5.94. The molecule has 0 saturated heterocycles. The number of non-ortho nitro benzene ring substituents is 1. The van der Waals surface area contributed by atoms with Crippen LogP contribution in [-0.4, -0.2) is 17.9 Å². The highest BCUT2D eigenvalue weighted by Crippen LogP contribution is 2.26. The molecule has 0 fully saturated rings. The molecule has 0 atom stereocenters. The number of nitrogens with zero attached hydrogens (tertiary/aromatic N) is 1. The minimum Gasteiger partial charge on any atom is -0.386 e. The number of amides is 1. The first-order valence-corrected chi connectivity index (χ1v) is 4.84. The lowest BCUT2D eigenvalue weighted by Crippen LogP contribution is -2.11. The van der Waals surface area contributed by atoms with Gasteiger partial charge in [-0.3, -0.25) is 14.9 Å². The Hall–Kier alpha value is -2.11. The molecule has 0 aliphatic carbocycles. The third-order valence-corrected chi connectivity index (χ3v) is 2.08. The first kappa shape index (κ1) is 12.0. The minimum atomic E-state index is -0.499. The van der Waals surface area contributed by atoms with Gasteiger partial charge in [-0.2, -0.15) is 0 Å². The number of anilines is 2. The number of hydrogen-bond donors (Lipinski definition) is 2. The van der Waals surface area contributed by atoms with Crippen molar-refractivity contribution in [3.63, 3.8) is 0 Å². The van der Waals surface area contributed by atoms with Gasteiger partial charge in [-0.1, -0.05) is 6.92 Å². The first-order valence-electron chi connectivity index (χ1n) is 4.84. The summed E-state index contributed by atoms with van der Waals surface area (Å²) in [6, 6.07) is 4.27. The number of benzene rings is 1. The average molecular weight is 223 g/mol. The zero-order valence-corrected chi connectivity index (χ0v) is 9.11. The van der Waals surface area contributed by atoms with Crippen molar-refractivity contribution in [1.29, 1.82) is 0 Å². The van der Waals surface area contributed by atoms with Crippen LogP contribution in [0.15, 0.2) is 18.2 Å².